The molecule has 2 N–H and O–H groups in total. The van der Waals surface area contributed by atoms with Crippen molar-refractivity contribution in [2.45, 2.75) is 13.5 Å². The normalized spacial score (nSPS) is 10.0. The molecule has 0 radical (unpaired) electrons. The standard InChI is InChI=1S/C9H14N4O3/c1-6-8(7(4-14)12-5-11-6)13(16-3)9(15)10-2/h5,14H,4H2,1-3H3,(H,10,15). The van der Waals surface area contributed by atoms with Gasteiger partial charge in [0.15, 0.2) is 0 Å². The Hall–Kier alpha value is -1.73. The molecule has 0 aliphatic rings. The Morgan fingerprint density at radius 1 is 1.62 bits per heavy atom. The largest absolute Gasteiger partial charge is 0.390 e. The van der Waals surface area contributed by atoms with Gasteiger partial charge in [-0.2, -0.15) is 5.06 Å². The molecule has 7 nitrogen and oxygen atoms in total. The Kier molecular flexibility index (Phi) is 4.15. The number of aryl methyl sites for hydroxylation is 1. The predicted molar refractivity (Wildman–Crippen MR) is 56.6 cm³/mol. The maximum Gasteiger partial charge on any atom is 0.346 e. The molecule has 88 valence electrons. The number of hydrogen-bond acceptors (Lipinski definition) is 5. The van der Waals surface area contributed by atoms with Gasteiger partial charge in [-0.3, -0.25) is 4.84 Å². The highest BCUT2D eigenvalue weighted by atomic mass is 16.7. The Morgan fingerprint density at radius 3 is 2.81 bits per heavy atom. The molecule has 16 heavy (non-hydrogen) atoms. The number of rotatable bonds is 3. The fraction of sp³-hybridized carbons (Fsp3) is 0.444. The Labute approximate surface area is 93.0 Å². The smallest absolute Gasteiger partial charge is 0.346 e. The van der Waals surface area contributed by atoms with E-state index >= 15 is 0 Å². The number of aromatic nitrogens is 2. The summed E-state index contributed by atoms with van der Waals surface area (Å²) in [5.74, 6) is 0. The number of nitrogens with one attached hydrogen (secondary N) is 1. The zero-order valence-electron chi connectivity index (χ0n) is 9.39. The van der Waals surface area contributed by atoms with Crippen LogP contribution in [0.25, 0.3) is 0 Å². The van der Waals surface area contributed by atoms with Gasteiger partial charge in [-0.05, 0) is 6.92 Å². The highest BCUT2D eigenvalue weighted by Crippen LogP contribution is 2.21. The molecule has 0 unspecified atom stereocenters. The number of hydrogen-bond donors (Lipinski definition) is 2. The molecule has 0 saturated carbocycles. The van der Waals surface area contributed by atoms with Crippen LogP contribution in [0, 0.1) is 6.92 Å². The van der Waals surface area contributed by atoms with Gasteiger partial charge in [0.2, 0.25) is 0 Å². The van der Waals surface area contributed by atoms with Crippen molar-refractivity contribution >= 4 is 11.7 Å². The minimum atomic E-state index is -0.463. The van der Waals surface area contributed by atoms with Gasteiger partial charge >= 0.3 is 6.03 Å². The van der Waals surface area contributed by atoms with E-state index in [0.29, 0.717) is 17.1 Å². The van der Waals surface area contributed by atoms with Gasteiger partial charge in [-0.15, -0.1) is 0 Å². The Bertz CT molecular complexity index is 383. The molecule has 0 aliphatic heterocycles. The second-order valence-electron chi connectivity index (χ2n) is 2.94. The van der Waals surface area contributed by atoms with Crippen molar-refractivity contribution in [3.8, 4) is 0 Å². The number of nitrogens with zero attached hydrogens (tertiary/aromatic N) is 3. The van der Waals surface area contributed by atoms with Gasteiger partial charge in [0.25, 0.3) is 0 Å². The molecule has 0 atom stereocenters. The molecule has 1 heterocycles. The van der Waals surface area contributed by atoms with Crippen molar-refractivity contribution in [3.05, 3.63) is 17.7 Å². The molecule has 7 heteroatoms. The van der Waals surface area contributed by atoms with E-state index in [1.807, 2.05) is 0 Å². The van der Waals surface area contributed by atoms with E-state index in [2.05, 4.69) is 15.3 Å². The lowest BCUT2D eigenvalue weighted by molar-refractivity contribution is 0.162. The molecule has 1 aromatic rings. The summed E-state index contributed by atoms with van der Waals surface area (Å²) in [5, 5.41) is 12.6. The molecule has 0 aliphatic carbocycles. The summed E-state index contributed by atoms with van der Waals surface area (Å²) in [5.41, 5.74) is 1.23. The van der Waals surface area contributed by atoms with E-state index in [0.717, 1.165) is 5.06 Å². The van der Waals surface area contributed by atoms with E-state index in [-0.39, 0.29) is 6.61 Å². The van der Waals surface area contributed by atoms with Crippen LogP contribution in [0.15, 0.2) is 6.33 Å². The van der Waals surface area contributed by atoms with Gasteiger partial charge in [-0.1, -0.05) is 0 Å². The SMILES string of the molecule is CNC(=O)N(OC)c1c(C)ncnc1CO. The number of carbonyl (C=O) groups is 1. The van der Waals surface area contributed by atoms with Crippen LogP contribution < -0.4 is 10.4 Å². The number of hydroxylamine groups is 1. The van der Waals surface area contributed by atoms with Crippen molar-refractivity contribution in [1.29, 1.82) is 0 Å². The maximum absolute atomic E-state index is 11.5. The first-order chi connectivity index (χ1) is 7.65. The lowest BCUT2D eigenvalue weighted by atomic mass is 10.2. The van der Waals surface area contributed by atoms with E-state index < -0.39 is 6.03 Å². The number of amides is 2. The van der Waals surface area contributed by atoms with Crippen molar-refractivity contribution in [2.75, 3.05) is 19.2 Å². The van der Waals surface area contributed by atoms with Crippen LogP contribution in [-0.4, -0.2) is 35.3 Å². The molecule has 0 bridgehead atoms. The minimum absolute atomic E-state index is 0.296. The van der Waals surface area contributed by atoms with Crippen LogP contribution in [0.3, 0.4) is 0 Å². The van der Waals surface area contributed by atoms with Gasteiger partial charge < -0.3 is 10.4 Å². The van der Waals surface area contributed by atoms with Gasteiger partial charge in [0.1, 0.15) is 12.0 Å². The zero-order chi connectivity index (χ0) is 12.1. The first-order valence-electron chi connectivity index (χ1n) is 4.63. The second kappa shape index (κ2) is 5.38. The van der Waals surface area contributed by atoms with E-state index in [9.17, 15) is 4.79 Å². The topological polar surface area (TPSA) is 87.6 Å². The molecular weight excluding hydrogens is 212 g/mol. The van der Waals surface area contributed by atoms with Gasteiger partial charge in [-0.25, -0.2) is 14.8 Å². The van der Waals surface area contributed by atoms with E-state index in [1.165, 1.54) is 20.5 Å². The molecule has 0 aromatic carbocycles. The van der Waals surface area contributed by atoms with Crippen molar-refractivity contribution in [2.24, 2.45) is 0 Å². The van der Waals surface area contributed by atoms with Crippen LogP contribution in [0.1, 0.15) is 11.4 Å². The molecule has 1 rings (SSSR count). The fourth-order valence-electron chi connectivity index (χ4n) is 1.27. The number of anilines is 1. The highest BCUT2D eigenvalue weighted by Gasteiger charge is 2.21. The van der Waals surface area contributed by atoms with Crippen LogP contribution in [0.4, 0.5) is 10.5 Å². The van der Waals surface area contributed by atoms with Crippen molar-refractivity contribution < 1.29 is 14.7 Å². The Balaban J connectivity index is 3.22. The number of carbonyl (C=O) groups excluding carboxylic acids is 1. The van der Waals surface area contributed by atoms with E-state index in [1.54, 1.807) is 6.92 Å². The Morgan fingerprint density at radius 2 is 2.31 bits per heavy atom. The minimum Gasteiger partial charge on any atom is -0.390 e. The fourth-order valence-corrected chi connectivity index (χ4v) is 1.27. The first-order valence-corrected chi connectivity index (χ1v) is 4.63. The second-order valence-corrected chi connectivity index (χ2v) is 2.94. The average Bonchev–Trinajstić information content (AvgIpc) is 2.31. The lowest BCUT2D eigenvalue weighted by Gasteiger charge is -2.21. The van der Waals surface area contributed by atoms with Crippen LogP contribution in [-0.2, 0) is 11.4 Å². The van der Waals surface area contributed by atoms with Gasteiger partial charge in [0, 0.05) is 7.05 Å². The zero-order valence-corrected chi connectivity index (χ0v) is 9.39. The number of urea groups is 1. The van der Waals surface area contributed by atoms with Crippen LogP contribution >= 0.6 is 0 Å². The molecular formula is C9H14N4O3. The molecule has 0 fully saturated rings. The maximum atomic E-state index is 11.5. The summed E-state index contributed by atoms with van der Waals surface area (Å²) in [6.07, 6.45) is 1.32. The average molecular weight is 226 g/mol. The van der Waals surface area contributed by atoms with Crippen molar-refractivity contribution in [1.82, 2.24) is 15.3 Å². The monoisotopic (exact) mass is 226 g/mol. The summed E-state index contributed by atoms with van der Waals surface area (Å²) in [6, 6.07) is -0.463. The third-order valence-electron chi connectivity index (χ3n) is 2.01. The van der Waals surface area contributed by atoms with E-state index in [4.69, 9.17) is 9.94 Å². The third kappa shape index (κ3) is 2.26. The molecule has 0 spiro atoms. The summed E-state index contributed by atoms with van der Waals surface area (Å²) in [6.45, 7) is 1.40. The van der Waals surface area contributed by atoms with Crippen molar-refractivity contribution in [3.63, 3.8) is 0 Å². The summed E-state index contributed by atoms with van der Waals surface area (Å²) >= 11 is 0. The molecule has 0 saturated heterocycles. The third-order valence-corrected chi connectivity index (χ3v) is 2.01. The predicted octanol–water partition coefficient (Wildman–Crippen LogP) is -0.0155. The quantitative estimate of drug-likeness (QED) is 0.707. The van der Waals surface area contributed by atoms with Gasteiger partial charge in [0.05, 0.1) is 25.1 Å². The highest BCUT2D eigenvalue weighted by molar-refractivity contribution is 5.90. The molecule has 1 aromatic heterocycles. The summed E-state index contributed by atoms with van der Waals surface area (Å²) < 4.78 is 0. The lowest BCUT2D eigenvalue weighted by Crippen LogP contribution is -2.38. The number of aliphatic hydroxyl groups is 1. The van der Waals surface area contributed by atoms with Crippen LogP contribution in [0.5, 0.6) is 0 Å². The first kappa shape index (κ1) is 12.3. The van der Waals surface area contributed by atoms with Crippen LogP contribution in [0.2, 0.25) is 0 Å². The molecule has 2 amide bonds. The summed E-state index contributed by atoms with van der Waals surface area (Å²) in [7, 11) is 2.83. The number of aliphatic hydroxyl groups excluding tert-OH is 1. The summed E-state index contributed by atoms with van der Waals surface area (Å²) in [4.78, 5) is 24.3.